The number of carbonyl (C=O) groups excluding carboxylic acids is 1. The van der Waals surface area contributed by atoms with Crippen LogP contribution in [-0.4, -0.2) is 50.2 Å². The van der Waals surface area contributed by atoms with Gasteiger partial charge in [-0.25, -0.2) is 4.39 Å². The second-order valence-electron chi connectivity index (χ2n) is 4.39. The summed E-state index contributed by atoms with van der Waals surface area (Å²) in [5.41, 5.74) is 0.489. The number of rotatable bonds is 3. The Morgan fingerprint density at radius 3 is 2.83 bits per heavy atom. The SMILES string of the molecule is CN(CC1CNCCO1)C(=O)c1ccc(F)cc1. The van der Waals surface area contributed by atoms with E-state index in [4.69, 9.17) is 4.74 Å². The van der Waals surface area contributed by atoms with Gasteiger partial charge in [0.1, 0.15) is 5.82 Å². The Labute approximate surface area is 106 Å². The molecule has 1 saturated heterocycles. The molecular weight excluding hydrogens is 235 g/mol. The summed E-state index contributed by atoms with van der Waals surface area (Å²) in [4.78, 5) is 13.7. The Morgan fingerprint density at radius 2 is 2.22 bits per heavy atom. The number of morpholine rings is 1. The average molecular weight is 252 g/mol. The third-order valence-electron chi connectivity index (χ3n) is 2.92. The van der Waals surface area contributed by atoms with Crippen molar-refractivity contribution in [2.75, 3.05) is 33.3 Å². The van der Waals surface area contributed by atoms with Crippen LogP contribution < -0.4 is 5.32 Å². The summed E-state index contributed by atoms with van der Waals surface area (Å²) >= 11 is 0. The van der Waals surface area contributed by atoms with Crippen LogP contribution in [-0.2, 0) is 4.74 Å². The Hall–Kier alpha value is -1.46. The maximum atomic E-state index is 12.8. The highest BCUT2D eigenvalue weighted by atomic mass is 19.1. The van der Waals surface area contributed by atoms with Gasteiger partial charge >= 0.3 is 0 Å². The van der Waals surface area contributed by atoms with Crippen LogP contribution in [0, 0.1) is 5.82 Å². The van der Waals surface area contributed by atoms with Crippen LogP contribution in [0.2, 0.25) is 0 Å². The average Bonchev–Trinajstić information content (AvgIpc) is 2.40. The minimum absolute atomic E-state index is 0.0214. The van der Waals surface area contributed by atoms with Crippen LogP contribution in [0.15, 0.2) is 24.3 Å². The third kappa shape index (κ3) is 3.27. The van der Waals surface area contributed by atoms with E-state index in [9.17, 15) is 9.18 Å². The summed E-state index contributed by atoms with van der Waals surface area (Å²) in [6, 6.07) is 5.57. The fraction of sp³-hybridized carbons (Fsp3) is 0.462. The van der Waals surface area contributed by atoms with E-state index in [1.54, 1.807) is 11.9 Å². The highest BCUT2D eigenvalue weighted by Gasteiger charge is 2.19. The molecule has 1 aromatic rings. The van der Waals surface area contributed by atoms with E-state index in [0.29, 0.717) is 18.7 Å². The first-order chi connectivity index (χ1) is 8.66. The molecule has 1 amide bonds. The van der Waals surface area contributed by atoms with Crippen molar-refractivity contribution in [3.8, 4) is 0 Å². The number of halogens is 1. The predicted octanol–water partition coefficient (Wildman–Crippen LogP) is 0.886. The molecule has 18 heavy (non-hydrogen) atoms. The number of likely N-dealkylation sites (N-methyl/N-ethyl adjacent to an activating group) is 1. The first-order valence-corrected chi connectivity index (χ1v) is 6.00. The minimum Gasteiger partial charge on any atom is -0.374 e. The normalized spacial score (nSPS) is 19.6. The monoisotopic (exact) mass is 252 g/mol. The van der Waals surface area contributed by atoms with E-state index in [0.717, 1.165) is 13.1 Å². The van der Waals surface area contributed by atoms with Gasteiger partial charge in [-0.3, -0.25) is 4.79 Å². The number of hydrogen-bond acceptors (Lipinski definition) is 3. The number of benzene rings is 1. The summed E-state index contributed by atoms with van der Waals surface area (Å²) < 4.78 is 18.3. The lowest BCUT2D eigenvalue weighted by molar-refractivity contribution is 0.0104. The number of carbonyl (C=O) groups is 1. The second-order valence-corrected chi connectivity index (χ2v) is 4.39. The molecule has 0 radical (unpaired) electrons. The van der Waals surface area contributed by atoms with E-state index >= 15 is 0 Å². The zero-order valence-electron chi connectivity index (χ0n) is 10.4. The molecule has 0 spiro atoms. The summed E-state index contributed by atoms with van der Waals surface area (Å²) in [7, 11) is 1.73. The molecule has 0 aromatic heterocycles. The molecule has 2 rings (SSSR count). The smallest absolute Gasteiger partial charge is 0.253 e. The Bertz CT molecular complexity index is 402. The van der Waals surface area contributed by atoms with Gasteiger partial charge < -0.3 is 15.0 Å². The van der Waals surface area contributed by atoms with Crippen LogP contribution in [0.1, 0.15) is 10.4 Å². The third-order valence-corrected chi connectivity index (χ3v) is 2.92. The van der Waals surface area contributed by atoms with Crippen LogP contribution in [0.3, 0.4) is 0 Å². The molecule has 1 heterocycles. The fourth-order valence-corrected chi connectivity index (χ4v) is 1.94. The first-order valence-electron chi connectivity index (χ1n) is 6.00. The molecule has 1 aliphatic heterocycles. The van der Waals surface area contributed by atoms with Crippen molar-refractivity contribution in [2.24, 2.45) is 0 Å². The zero-order valence-corrected chi connectivity index (χ0v) is 10.4. The molecule has 5 heteroatoms. The van der Waals surface area contributed by atoms with Gasteiger partial charge in [-0.1, -0.05) is 0 Å². The number of nitrogens with zero attached hydrogens (tertiary/aromatic N) is 1. The molecule has 1 aliphatic rings. The minimum atomic E-state index is -0.339. The van der Waals surface area contributed by atoms with Crippen molar-refractivity contribution < 1.29 is 13.9 Å². The molecule has 1 aromatic carbocycles. The summed E-state index contributed by atoms with van der Waals surface area (Å²) in [5.74, 6) is -0.460. The van der Waals surface area contributed by atoms with Crippen molar-refractivity contribution in [1.82, 2.24) is 10.2 Å². The summed E-state index contributed by atoms with van der Waals surface area (Å²) in [6.45, 7) is 2.81. The van der Waals surface area contributed by atoms with Crippen molar-refractivity contribution >= 4 is 5.91 Å². The molecule has 1 unspecified atom stereocenters. The molecule has 0 bridgehead atoms. The van der Waals surface area contributed by atoms with Crippen LogP contribution in [0.5, 0.6) is 0 Å². The van der Waals surface area contributed by atoms with Crippen molar-refractivity contribution in [1.29, 1.82) is 0 Å². The molecule has 0 saturated carbocycles. The Balaban J connectivity index is 1.93. The first kappa shape index (κ1) is 13.0. The quantitative estimate of drug-likeness (QED) is 0.868. The van der Waals surface area contributed by atoms with Gasteiger partial charge in [0, 0.05) is 32.2 Å². The molecule has 1 fully saturated rings. The Kier molecular flexibility index (Phi) is 4.28. The molecular formula is C13H17FN2O2. The van der Waals surface area contributed by atoms with Gasteiger partial charge in [-0.05, 0) is 24.3 Å². The van der Waals surface area contributed by atoms with Crippen molar-refractivity contribution in [2.45, 2.75) is 6.10 Å². The maximum absolute atomic E-state index is 12.8. The van der Waals surface area contributed by atoms with E-state index in [2.05, 4.69) is 5.32 Å². The zero-order chi connectivity index (χ0) is 13.0. The fourth-order valence-electron chi connectivity index (χ4n) is 1.94. The predicted molar refractivity (Wildman–Crippen MR) is 66.0 cm³/mol. The highest BCUT2D eigenvalue weighted by Crippen LogP contribution is 2.07. The molecule has 4 nitrogen and oxygen atoms in total. The van der Waals surface area contributed by atoms with Gasteiger partial charge in [-0.15, -0.1) is 0 Å². The lowest BCUT2D eigenvalue weighted by atomic mass is 10.2. The van der Waals surface area contributed by atoms with Gasteiger partial charge in [0.2, 0.25) is 0 Å². The molecule has 1 atom stereocenters. The number of amides is 1. The van der Waals surface area contributed by atoms with E-state index in [-0.39, 0.29) is 17.8 Å². The summed E-state index contributed by atoms with van der Waals surface area (Å²) in [5, 5.41) is 3.21. The molecule has 0 aliphatic carbocycles. The van der Waals surface area contributed by atoms with Gasteiger partial charge in [0.25, 0.3) is 5.91 Å². The lowest BCUT2D eigenvalue weighted by Crippen LogP contribution is -2.45. The standard InChI is InChI=1S/C13H17FN2O2/c1-16(9-12-8-15-6-7-18-12)13(17)10-2-4-11(14)5-3-10/h2-5,12,15H,6-9H2,1H3. The van der Waals surface area contributed by atoms with Crippen LogP contribution in [0.4, 0.5) is 4.39 Å². The van der Waals surface area contributed by atoms with Crippen LogP contribution in [0.25, 0.3) is 0 Å². The molecule has 98 valence electrons. The van der Waals surface area contributed by atoms with E-state index < -0.39 is 0 Å². The largest absolute Gasteiger partial charge is 0.374 e. The van der Waals surface area contributed by atoms with E-state index in [1.165, 1.54) is 24.3 Å². The summed E-state index contributed by atoms with van der Waals surface area (Å²) in [6.07, 6.45) is 0.0214. The maximum Gasteiger partial charge on any atom is 0.253 e. The lowest BCUT2D eigenvalue weighted by Gasteiger charge is -2.28. The number of hydrogen-bond donors (Lipinski definition) is 1. The Morgan fingerprint density at radius 1 is 1.50 bits per heavy atom. The highest BCUT2D eigenvalue weighted by molar-refractivity contribution is 5.94. The number of nitrogens with one attached hydrogen (secondary N) is 1. The van der Waals surface area contributed by atoms with Gasteiger partial charge in [-0.2, -0.15) is 0 Å². The van der Waals surface area contributed by atoms with Gasteiger partial charge in [0.05, 0.1) is 12.7 Å². The van der Waals surface area contributed by atoms with Crippen molar-refractivity contribution in [3.63, 3.8) is 0 Å². The van der Waals surface area contributed by atoms with Crippen LogP contribution >= 0.6 is 0 Å². The molecule has 1 N–H and O–H groups in total. The topological polar surface area (TPSA) is 41.6 Å². The van der Waals surface area contributed by atoms with Gasteiger partial charge in [0.15, 0.2) is 0 Å². The second kappa shape index (κ2) is 5.93. The van der Waals surface area contributed by atoms with Crippen molar-refractivity contribution in [3.05, 3.63) is 35.6 Å². The van der Waals surface area contributed by atoms with E-state index in [1.807, 2.05) is 0 Å². The number of ether oxygens (including phenoxy) is 1.